The Morgan fingerprint density at radius 3 is 2.82 bits per heavy atom. The highest BCUT2D eigenvalue weighted by atomic mass is 16.5. The van der Waals surface area contributed by atoms with Crippen LogP contribution in [0.4, 0.5) is 0 Å². The number of likely N-dealkylation sites (N-methyl/N-ethyl adjacent to an activating group) is 1. The van der Waals surface area contributed by atoms with Crippen molar-refractivity contribution in [2.75, 3.05) is 26.7 Å². The first kappa shape index (κ1) is 14.5. The van der Waals surface area contributed by atoms with E-state index in [1.165, 1.54) is 0 Å². The van der Waals surface area contributed by atoms with Gasteiger partial charge in [-0.1, -0.05) is 6.92 Å². The lowest BCUT2D eigenvalue weighted by Gasteiger charge is -2.22. The Morgan fingerprint density at radius 2 is 2.24 bits per heavy atom. The molecule has 0 radical (unpaired) electrons. The van der Waals surface area contributed by atoms with Gasteiger partial charge in [0.1, 0.15) is 0 Å². The molecule has 1 heterocycles. The van der Waals surface area contributed by atoms with E-state index in [1.807, 2.05) is 20.9 Å². The minimum absolute atomic E-state index is 0.159. The van der Waals surface area contributed by atoms with Crippen LogP contribution in [0.15, 0.2) is 0 Å². The number of hydrogen-bond acceptors (Lipinski definition) is 3. The van der Waals surface area contributed by atoms with E-state index in [4.69, 9.17) is 4.74 Å². The Balaban J connectivity index is 2.21. The Hall–Kier alpha value is -0.610. The van der Waals surface area contributed by atoms with Gasteiger partial charge < -0.3 is 15.0 Å². The predicted octanol–water partition coefficient (Wildman–Crippen LogP) is 1.26. The lowest BCUT2D eigenvalue weighted by molar-refractivity contribution is -0.130. The molecule has 0 aromatic rings. The van der Waals surface area contributed by atoms with E-state index >= 15 is 0 Å². The van der Waals surface area contributed by atoms with Gasteiger partial charge in [-0.15, -0.1) is 0 Å². The van der Waals surface area contributed by atoms with Crippen molar-refractivity contribution >= 4 is 5.91 Å². The van der Waals surface area contributed by atoms with Crippen molar-refractivity contribution in [3.8, 4) is 0 Å². The molecule has 0 saturated carbocycles. The van der Waals surface area contributed by atoms with Gasteiger partial charge in [-0.2, -0.15) is 0 Å². The SMILES string of the molecule is CCC1OCCC1CNCC(=O)N(C)C(C)C. The average Bonchev–Trinajstić information content (AvgIpc) is 2.75. The van der Waals surface area contributed by atoms with Gasteiger partial charge in [0.25, 0.3) is 0 Å². The third-order valence-corrected chi connectivity index (χ3v) is 3.60. The zero-order valence-electron chi connectivity index (χ0n) is 11.5. The van der Waals surface area contributed by atoms with Crippen LogP contribution in [0, 0.1) is 5.92 Å². The Labute approximate surface area is 105 Å². The van der Waals surface area contributed by atoms with Crippen LogP contribution in [0.25, 0.3) is 0 Å². The smallest absolute Gasteiger partial charge is 0.236 e. The summed E-state index contributed by atoms with van der Waals surface area (Å²) in [6.45, 7) is 8.38. The quantitative estimate of drug-likeness (QED) is 0.762. The molecule has 0 aromatic carbocycles. The van der Waals surface area contributed by atoms with Crippen molar-refractivity contribution in [3.63, 3.8) is 0 Å². The number of carbonyl (C=O) groups excluding carboxylic acids is 1. The zero-order valence-corrected chi connectivity index (χ0v) is 11.5. The molecule has 1 amide bonds. The summed E-state index contributed by atoms with van der Waals surface area (Å²) in [5.41, 5.74) is 0. The average molecular weight is 242 g/mol. The first-order chi connectivity index (χ1) is 8.06. The van der Waals surface area contributed by atoms with Crippen LogP contribution in [0.2, 0.25) is 0 Å². The maximum Gasteiger partial charge on any atom is 0.236 e. The van der Waals surface area contributed by atoms with Crippen molar-refractivity contribution < 1.29 is 9.53 Å². The molecule has 1 N–H and O–H groups in total. The molecule has 0 aliphatic carbocycles. The third-order valence-electron chi connectivity index (χ3n) is 3.60. The van der Waals surface area contributed by atoms with Crippen LogP contribution in [0.3, 0.4) is 0 Å². The van der Waals surface area contributed by atoms with Gasteiger partial charge in [0, 0.05) is 26.2 Å². The van der Waals surface area contributed by atoms with Gasteiger partial charge >= 0.3 is 0 Å². The minimum Gasteiger partial charge on any atom is -0.378 e. The molecule has 4 heteroatoms. The minimum atomic E-state index is 0.159. The molecule has 1 saturated heterocycles. The number of carbonyl (C=O) groups is 1. The van der Waals surface area contributed by atoms with Crippen molar-refractivity contribution in [2.45, 2.75) is 45.8 Å². The Bertz CT molecular complexity index is 244. The number of rotatable bonds is 6. The van der Waals surface area contributed by atoms with Gasteiger partial charge in [0.05, 0.1) is 12.6 Å². The van der Waals surface area contributed by atoms with Crippen LogP contribution in [-0.4, -0.2) is 49.7 Å². The highest BCUT2D eigenvalue weighted by Gasteiger charge is 2.26. The molecular weight excluding hydrogens is 216 g/mol. The molecule has 1 aliphatic heterocycles. The number of nitrogens with zero attached hydrogens (tertiary/aromatic N) is 1. The first-order valence-corrected chi connectivity index (χ1v) is 6.64. The van der Waals surface area contributed by atoms with Gasteiger partial charge in [-0.05, 0) is 32.6 Å². The molecule has 2 atom stereocenters. The van der Waals surface area contributed by atoms with E-state index in [9.17, 15) is 4.79 Å². The maximum atomic E-state index is 11.7. The van der Waals surface area contributed by atoms with Crippen molar-refractivity contribution in [3.05, 3.63) is 0 Å². The summed E-state index contributed by atoms with van der Waals surface area (Å²) in [5, 5.41) is 3.26. The van der Waals surface area contributed by atoms with Crippen LogP contribution >= 0.6 is 0 Å². The van der Waals surface area contributed by atoms with Gasteiger partial charge in [-0.25, -0.2) is 0 Å². The summed E-state index contributed by atoms with van der Waals surface area (Å²) in [5.74, 6) is 0.726. The summed E-state index contributed by atoms with van der Waals surface area (Å²) >= 11 is 0. The molecule has 1 fully saturated rings. The summed E-state index contributed by atoms with van der Waals surface area (Å²) in [6, 6.07) is 0.266. The standard InChI is InChI=1S/C13H26N2O2/c1-5-12-11(6-7-17-12)8-14-9-13(16)15(4)10(2)3/h10-12,14H,5-9H2,1-4H3. The number of hydrogen-bond donors (Lipinski definition) is 1. The molecule has 0 bridgehead atoms. The molecule has 100 valence electrons. The lowest BCUT2D eigenvalue weighted by atomic mass is 10.00. The third kappa shape index (κ3) is 4.28. The fourth-order valence-corrected chi connectivity index (χ4v) is 2.15. The number of ether oxygens (including phenoxy) is 1. The van der Waals surface area contributed by atoms with Gasteiger partial charge in [0.2, 0.25) is 5.91 Å². The molecule has 4 nitrogen and oxygen atoms in total. The topological polar surface area (TPSA) is 41.6 Å². The highest BCUT2D eigenvalue weighted by Crippen LogP contribution is 2.22. The van der Waals surface area contributed by atoms with E-state index < -0.39 is 0 Å². The second-order valence-electron chi connectivity index (χ2n) is 5.10. The normalized spacial score (nSPS) is 24.3. The second kappa shape index (κ2) is 6.97. The Kier molecular flexibility index (Phi) is 5.92. The zero-order chi connectivity index (χ0) is 12.8. The summed E-state index contributed by atoms with van der Waals surface area (Å²) in [7, 11) is 1.85. The number of nitrogens with one attached hydrogen (secondary N) is 1. The molecule has 17 heavy (non-hydrogen) atoms. The fraction of sp³-hybridized carbons (Fsp3) is 0.923. The fourth-order valence-electron chi connectivity index (χ4n) is 2.15. The van der Waals surface area contributed by atoms with Crippen molar-refractivity contribution in [1.29, 1.82) is 0 Å². The van der Waals surface area contributed by atoms with E-state index in [-0.39, 0.29) is 11.9 Å². The summed E-state index contributed by atoms with van der Waals surface area (Å²) < 4.78 is 5.62. The second-order valence-corrected chi connectivity index (χ2v) is 5.10. The highest BCUT2D eigenvalue weighted by molar-refractivity contribution is 5.78. The molecular formula is C13H26N2O2. The summed E-state index contributed by atoms with van der Waals surface area (Å²) in [6.07, 6.45) is 2.55. The van der Waals surface area contributed by atoms with Crippen molar-refractivity contribution in [2.24, 2.45) is 5.92 Å². The lowest BCUT2D eigenvalue weighted by Crippen LogP contribution is -2.41. The van der Waals surface area contributed by atoms with Crippen LogP contribution in [-0.2, 0) is 9.53 Å². The maximum absolute atomic E-state index is 11.7. The number of amides is 1. The molecule has 2 unspecified atom stereocenters. The Morgan fingerprint density at radius 1 is 1.53 bits per heavy atom. The molecule has 1 rings (SSSR count). The predicted molar refractivity (Wildman–Crippen MR) is 68.9 cm³/mol. The van der Waals surface area contributed by atoms with E-state index in [0.29, 0.717) is 18.6 Å². The van der Waals surface area contributed by atoms with E-state index in [2.05, 4.69) is 12.2 Å². The molecule has 0 spiro atoms. The first-order valence-electron chi connectivity index (χ1n) is 6.64. The molecule has 0 aromatic heterocycles. The van der Waals surface area contributed by atoms with Gasteiger partial charge in [-0.3, -0.25) is 4.79 Å². The van der Waals surface area contributed by atoms with Gasteiger partial charge in [0.15, 0.2) is 0 Å². The van der Waals surface area contributed by atoms with Crippen LogP contribution in [0.1, 0.15) is 33.6 Å². The largest absolute Gasteiger partial charge is 0.378 e. The summed E-state index contributed by atoms with van der Waals surface area (Å²) in [4.78, 5) is 13.5. The van der Waals surface area contributed by atoms with Crippen LogP contribution in [0.5, 0.6) is 0 Å². The van der Waals surface area contributed by atoms with E-state index in [1.54, 1.807) is 4.90 Å². The monoisotopic (exact) mass is 242 g/mol. The van der Waals surface area contributed by atoms with Crippen molar-refractivity contribution in [1.82, 2.24) is 10.2 Å². The van der Waals surface area contributed by atoms with E-state index in [0.717, 1.165) is 26.0 Å². The van der Waals surface area contributed by atoms with Crippen LogP contribution < -0.4 is 5.32 Å². The molecule has 1 aliphatic rings.